The lowest BCUT2D eigenvalue weighted by atomic mass is 10.0. The monoisotopic (exact) mass is 211 g/mol. The Kier molecular flexibility index (Phi) is 3.02. The lowest BCUT2D eigenvalue weighted by molar-refractivity contribution is 0.0642. The molecule has 0 amide bonds. The molecule has 15 heavy (non-hydrogen) atoms. The molecule has 1 saturated heterocycles. The maximum atomic E-state index is 5.66. The van der Waals surface area contributed by atoms with Gasteiger partial charge in [0.15, 0.2) is 5.82 Å². The van der Waals surface area contributed by atoms with Crippen LogP contribution in [0.4, 0.5) is 0 Å². The zero-order valence-electron chi connectivity index (χ0n) is 9.14. The van der Waals surface area contributed by atoms with Crippen molar-refractivity contribution in [3.8, 4) is 0 Å². The molecule has 0 saturated carbocycles. The molecule has 2 N–H and O–H groups in total. The van der Waals surface area contributed by atoms with Crippen LogP contribution in [0.2, 0.25) is 0 Å². The van der Waals surface area contributed by atoms with Crippen molar-refractivity contribution >= 4 is 0 Å². The molecule has 0 spiro atoms. The van der Waals surface area contributed by atoms with E-state index in [0.717, 1.165) is 18.9 Å². The van der Waals surface area contributed by atoms with E-state index in [1.54, 1.807) is 0 Å². The fraction of sp³-hybridized carbons (Fsp3) is 0.800. The number of nitrogens with two attached hydrogens (primary N) is 1. The van der Waals surface area contributed by atoms with Crippen molar-refractivity contribution in [2.75, 3.05) is 13.2 Å². The van der Waals surface area contributed by atoms with Crippen molar-refractivity contribution in [3.63, 3.8) is 0 Å². The number of aromatic nitrogens is 2. The van der Waals surface area contributed by atoms with Crippen molar-refractivity contribution in [1.29, 1.82) is 0 Å². The van der Waals surface area contributed by atoms with Crippen LogP contribution >= 0.6 is 0 Å². The van der Waals surface area contributed by atoms with Crippen LogP contribution in [0.1, 0.15) is 44.0 Å². The SMILES string of the molecule is CC(C)c1noc([C@@H]2OCC[C@@H]2CN)n1. The van der Waals surface area contributed by atoms with Crippen molar-refractivity contribution in [2.24, 2.45) is 11.7 Å². The lowest BCUT2D eigenvalue weighted by Gasteiger charge is -2.11. The van der Waals surface area contributed by atoms with Crippen LogP contribution in [0.15, 0.2) is 4.52 Å². The van der Waals surface area contributed by atoms with Gasteiger partial charge < -0.3 is 15.0 Å². The van der Waals surface area contributed by atoms with E-state index in [0.29, 0.717) is 18.4 Å². The van der Waals surface area contributed by atoms with Gasteiger partial charge in [0.05, 0.1) is 0 Å². The Morgan fingerprint density at radius 3 is 2.93 bits per heavy atom. The first-order valence-electron chi connectivity index (χ1n) is 5.37. The molecule has 5 heteroatoms. The third kappa shape index (κ3) is 2.03. The van der Waals surface area contributed by atoms with Crippen LogP contribution in [0.3, 0.4) is 0 Å². The van der Waals surface area contributed by atoms with Gasteiger partial charge in [-0.25, -0.2) is 0 Å². The Balaban J connectivity index is 2.14. The molecule has 1 aliphatic rings. The highest BCUT2D eigenvalue weighted by molar-refractivity contribution is 4.97. The van der Waals surface area contributed by atoms with Crippen molar-refractivity contribution in [1.82, 2.24) is 10.1 Å². The Hall–Kier alpha value is -0.940. The minimum atomic E-state index is -0.102. The van der Waals surface area contributed by atoms with E-state index in [4.69, 9.17) is 15.0 Å². The van der Waals surface area contributed by atoms with E-state index in [-0.39, 0.29) is 12.0 Å². The predicted octanol–water partition coefficient (Wildman–Crippen LogP) is 1.23. The van der Waals surface area contributed by atoms with E-state index in [9.17, 15) is 0 Å². The molecule has 0 radical (unpaired) electrons. The molecule has 0 bridgehead atoms. The third-order valence-electron chi connectivity index (χ3n) is 2.73. The molecule has 2 rings (SSSR count). The van der Waals surface area contributed by atoms with Crippen LogP contribution in [0.5, 0.6) is 0 Å². The smallest absolute Gasteiger partial charge is 0.256 e. The lowest BCUT2D eigenvalue weighted by Crippen LogP contribution is -2.18. The molecule has 0 aromatic carbocycles. The third-order valence-corrected chi connectivity index (χ3v) is 2.73. The summed E-state index contributed by atoms with van der Waals surface area (Å²) in [5, 5.41) is 3.92. The Labute approximate surface area is 89.0 Å². The maximum absolute atomic E-state index is 5.66. The van der Waals surface area contributed by atoms with Crippen molar-refractivity contribution < 1.29 is 9.26 Å². The molecule has 1 aromatic rings. The first kappa shape index (κ1) is 10.6. The quantitative estimate of drug-likeness (QED) is 0.813. The number of nitrogens with zero attached hydrogens (tertiary/aromatic N) is 2. The molecule has 2 atom stereocenters. The summed E-state index contributed by atoms with van der Waals surface area (Å²) in [6.45, 7) is 5.39. The molecular formula is C10H17N3O2. The van der Waals surface area contributed by atoms with Gasteiger partial charge in [0, 0.05) is 18.4 Å². The topological polar surface area (TPSA) is 74.2 Å². The second-order valence-corrected chi connectivity index (χ2v) is 4.22. The summed E-state index contributed by atoms with van der Waals surface area (Å²) < 4.78 is 10.8. The molecule has 0 aliphatic carbocycles. The highest BCUT2D eigenvalue weighted by Gasteiger charge is 2.33. The highest BCUT2D eigenvalue weighted by Crippen LogP contribution is 2.33. The number of hydrogen-bond donors (Lipinski definition) is 1. The molecule has 1 fully saturated rings. The van der Waals surface area contributed by atoms with Gasteiger partial charge in [-0.2, -0.15) is 4.98 Å². The van der Waals surface area contributed by atoms with Crippen LogP contribution in [-0.2, 0) is 4.74 Å². The molecular weight excluding hydrogens is 194 g/mol. The summed E-state index contributed by atoms with van der Waals surface area (Å²) in [6.07, 6.45) is 0.871. The van der Waals surface area contributed by atoms with Gasteiger partial charge >= 0.3 is 0 Å². The molecule has 5 nitrogen and oxygen atoms in total. The fourth-order valence-corrected chi connectivity index (χ4v) is 1.75. The standard InChI is InChI=1S/C10H17N3O2/c1-6(2)9-12-10(15-13-9)8-7(5-11)3-4-14-8/h6-8H,3-5,11H2,1-2H3/t7-,8-/m1/s1. The van der Waals surface area contributed by atoms with Crippen LogP contribution in [0, 0.1) is 5.92 Å². The minimum absolute atomic E-state index is 0.102. The second kappa shape index (κ2) is 4.28. The second-order valence-electron chi connectivity index (χ2n) is 4.22. The van der Waals surface area contributed by atoms with Gasteiger partial charge in [-0.1, -0.05) is 19.0 Å². The molecule has 1 aliphatic heterocycles. The van der Waals surface area contributed by atoms with Gasteiger partial charge in [0.25, 0.3) is 5.89 Å². The van der Waals surface area contributed by atoms with E-state index < -0.39 is 0 Å². The van der Waals surface area contributed by atoms with Gasteiger partial charge in [0.1, 0.15) is 6.10 Å². The largest absolute Gasteiger partial charge is 0.368 e. The van der Waals surface area contributed by atoms with Gasteiger partial charge in [-0.3, -0.25) is 0 Å². The Morgan fingerprint density at radius 2 is 2.33 bits per heavy atom. The normalized spacial score (nSPS) is 26.4. The summed E-state index contributed by atoms with van der Waals surface area (Å²) in [7, 11) is 0. The Bertz CT molecular complexity index is 324. The summed E-state index contributed by atoms with van der Waals surface area (Å²) >= 11 is 0. The van der Waals surface area contributed by atoms with E-state index in [2.05, 4.69) is 10.1 Å². The molecule has 1 aromatic heterocycles. The fourth-order valence-electron chi connectivity index (χ4n) is 1.75. The van der Waals surface area contributed by atoms with Gasteiger partial charge in [-0.15, -0.1) is 0 Å². The molecule has 84 valence electrons. The van der Waals surface area contributed by atoms with Crippen LogP contribution < -0.4 is 5.73 Å². The summed E-state index contributed by atoms with van der Waals surface area (Å²) in [4.78, 5) is 4.33. The van der Waals surface area contributed by atoms with Crippen molar-refractivity contribution in [3.05, 3.63) is 11.7 Å². The van der Waals surface area contributed by atoms with Crippen molar-refractivity contribution in [2.45, 2.75) is 32.3 Å². The molecule has 2 heterocycles. The first-order valence-corrected chi connectivity index (χ1v) is 5.37. The zero-order chi connectivity index (χ0) is 10.8. The highest BCUT2D eigenvalue weighted by atomic mass is 16.5. The molecule has 0 unspecified atom stereocenters. The number of rotatable bonds is 3. The van der Waals surface area contributed by atoms with Gasteiger partial charge in [-0.05, 0) is 13.0 Å². The van der Waals surface area contributed by atoms with E-state index in [1.165, 1.54) is 0 Å². The average molecular weight is 211 g/mol. The van der Waals surface area contributed by atoms with E-state index in [1.807, 2.05) is 13.8 Å². The first-order chi connectivity index (χ1) is 7.22. The summed E-state index contributed by atoms with van der Waals surface area (Å²) in [5.74, 6) is 1.90. The number of ether oxygens (including phenoxy) is 1. The average Bonchev–Trinajstić information content (AvgIpc) is 2.85. The van der Waals surface area contributed by atoms with Crippen LogP contribution in [-0.4, -0.2) is 23.3 Å². The maximum Gasteiger partial charge on any atom is 0.256 e. The Morgan fingerprint density at radius 1 is 1.53 bits per heavy atom. The van der Waals surface area contributed by atoms with E-state index >= 15 is 0 Å². The van der Waals surface area contributed by atoms with Crippen LogP contribution in [0.25, 0.3) is 0 Å². The predicted molar refractivity (Wildman–Crippen MR) is 54.2 cm³/mol. The summed E-state index contributed by atoms with van der Waals surface area (Å²) in [6, 6.07) is 0. The zero-order valence-corrected chi connectivity index (χ0v) is 9.14. The number of hydrogen-bond acceptors (Lipinski definition) is 5. The summed E-state index contributed by atoms with van der Waals surface area (Å²) in [5.41, 5.74) is 5.66. The minimum Gasteiger partial charge on any atom is -0.368 e. The van der Waals surface area contributed by atoms with Gasteiger partial charge in [0.2, 0.25) is 0 Å².